The molecular formula is C52H59NO6. The number of amides is 1. The SMILES string of the molecule is C[C@H]1[C@H]2CCCCC[C@]1(C)c1cc(OC(=O)CCC(=O)Oc3ccc4c(c3)[C@@]3(C)CCCCC[C@@H](C4)[C@@H]3NC(=O)OCC3c4ccccc4-c4ccccc43)ccc1C2. The van der Waals surface area contributed by atoms with Crippen molar-refractivity contribution in [3.8, 4) is 22.6 Å². The minimum atomic E-state index is -0.473. The van der Waals surface area contributed by atoms with Crippen LogP contribution in [0.4, 0.5) is 4.79 Å². The molecule has 308 valence electrons. The summed E-state index contributed by atoms with van der Waals surface area (Å²) < 4.78 is 17.8. The highest BCUT2D eigenvalue weighted by Gasteiger charge is 2.47. The van der Waals surface area contributed by atoms with Crippen LogP contribution < -0.4 is 14.8 Å². The lowest BCUT2D eigenvalue weighted by molar-refractivity contribution is -0.140. The number of hydrogen-bond donors (Lipinski definition) is 1. The number of fused-ring (bicyclic) bond motifs is 11. The van der Waals surface area contributed by atoms with Crippen LogP contribution in [-0.2, 0) is 38.0 Å². The van der Waals surface area contributed by atoms with E-state index in [0.29, 0.717) is 23.3 Å². The Kier molecular flexibility index (Phi) is 10.9. The van der Waals surface area contributed by atoms with E-state index in [9.17, 15) is 14.4 Å². The summed E-state index contributed by atoms with van der Waals surface area (Å²) in [6.07, 6.45) is 12.9. The second kappa shape index (κ2) is 16.3. The summed E-state index contributed by atoms with van der Waals surface area (Å²) in [5, 5.41) is 3.37. The van der Waals surface area contributed by atoms with Crippen molar-refractivity contribution in [2.24, 2.45) is 17.8 Å². The molecule has 1 N–H and O–H groups in total. The van der Waals surface area contributed by atoms with Crippen LogP contribution in [0.25, 0.3) is 11.1 Å². The molecule has 9 rings (SSSR count). The molecule has 5 aliphatic carbocycles. The number of alkyl carbamates (subject to hydrolysis) is 1. The van der Waals surface area contributed by atoms with Crippen molar-refractivity contribution in [2.45, 2.75) is 133 Å². The molecule has 2 saturated carbocycles. The first-order valence-corrected chi connectivity index (χ1v) is 22.4. The van der Waals surface area contributed by atoms with Gasteiger partial charge in [0.15, 0.2) is 0 Å². The van der Waals surface area contributed by atoms with Gasteiger partial charge in [0.05, 0.1) is 12.8 Å². The van der Waals surface area contributed by atoms with Gasteiger partial charge in [0.25, 0.3) is 0 Å². The number of benzene rings is 4. The van der Waals surface area contributed by atoms with Gasteiger partial charge >= 0.3 is 18.0 Å². The van der Waals surface area contributed by atoms with E-state index in [1.807, 2.05) is 30.3 Å². The summed E-state index contributed by atoms with van der Waals surface area (Å²) in [5.74, 6) is 1.64. The van der Waals surface area contributed by atoms with E-state index in [1.165, 1.54) is 64.6 Å². The minimum Gasteiger partial charge on any atom is -0.449 e. The van der Waals surface area contributed by atoms with Crippen LogP contribution in [0.3, 0.4) is 0 Å². The molecule has 0 unspecified atom stereocenters. The maximum Gasteiger partial charge on any atom is 0.407 e. The summed E-state index contributed by atoms with van der Waals surface area (Å²) >= 11 is 0. The van der Waals surface area contributed by atoms with Crippen LogP contribution in [0, 0.1) is 17.8 Å². The minimum absolute atomic E-state index is 0.00874. The molecule has 5 aliphatic rings. The Bertz CT molecular complexity index is 2200. The van der Waals surface area contributed by atoms with Gasteiger partial charge in [-0.3, -0.25) is 9.59 Å². The molecule has 4 aromatic carbocycles. The summed E-state index contributed by atoms with van der Waals surface area (Å²) in [5.41, 5.74) is 9.52. The zero-order chi connectivity index (χ0) is 40.7. The normalized spacial score (nSPS) is 26.9. The fourth-order valence-corrected chi connectivity index (χ4v) is 12.0. The highest BCUT2D eigenvalue weighted by Crippen LogP contribution is 2.51. The lowest BCUT2D eigenvalue weighted by Gasteiger charge is -2.49. The van der Waals surface area contributed by atoms with Crippen molar-refractivity contribution in [2.75, 3.05) is 6.61 Å². The third-order valence-electron chi connectivity index (χ3n) is 15.4. The number of carbonyl (C=O) groups excluding carboxylic acids is 3. The van der Waals surface area contributed by atoms with E-state index in [-0.39, 0.29) is 54.2 Å². The van der Waals surface area contributed by atoms with E-state index in [0.717, 1.165) is 56.9 Å². The first-order valence-electron chi connectivity index (χ1n) is 22.4. The van der Waals surface area contributed by atoms with Gasteiger partial charge in [-0.05, 0) is 130 Å². The highest BCUT2D eigenvalue weighted by molar-refractivity contribution is 5.81. The maximum absolute atomic E-state index is 13.7. The van der Waals surface area contributed by atoms with Gasteiger partial charge in [0.1, 0.15) is 18.1 Å². The van der Waals surface area contributed by atoms with Crippen LogP contribution in [0.2, 0.25) is 0 Å². The molecule has 7 heteroatoms. The molecule has 1 amide bonds. The van der Waals surface area contributed by atoms with Crippen LogP contribution in [-0.4, -0.2) is 30.7 Å². The number of hydrogen-bond acceptors (Lipinski definition) is 6. The van der Waals surface area contributed by atoms with Gasteiger partial charge in [-0.2, -0.15) is 0 Å². The monoisotopic (exact) mass is 793 g/mol. The lowest BCUT2D eigenvalue weighted by atomic mass is 9.57. The van der Waals surface area contributed by atoms with E-state index in [2.05, 4.69) is 80.7 Å². The fraction of sp³-hybridized carbons (Fsp3) is 0.481. The van der Waals surface area contributed by atoms with Gasteiger partial charge in [0.2, 0.25) is 0 Å². The van der Waals surface area contributed by atoms with Crippen LogP contribution in [0.5, 0.6) is 11.5 Å². The van der Waals surface area contributed by atoms with Crippen LogP contribution in [0.15, 0.2) is 84.9 Å². The molecule has 59 heavy (non-hydrogen) atoms. The van der Waals surface area contributed by atoms with E-state index in [4.69, 9.17) is 14.2 Å². The average Bonchev–Trinajstić information content (AvgIpc) is 3.55. The summed E-state index contributed by atoms with van der Waals surface area (Å²) in [6, 6.07) is 28.7. The second-order valence-corrected chi connectivity index (χ2v) is 18.8. The Balaban J connectivity index is 0.844. The molecule has 2 fully saturated rings. The summed E-state index contributed by atoms with van der Waals surface area (Å²) in [4.78, 5) is 40.1. The lowest BCUT2D eigenvalue weighted by Crippen LogP contribution is -2.57. The van der Waals surface area contributed by atoms with Crippen molar-refractivity contribution in [3.63, 3.8) is 0 Å². The number of nitrogens with one attached hydrogen (secondary N) is 1. The molecule has 0 spiro atoms. The molecule has 0 aliphatic heterocycles. The smallest absolute Gasteiger partial charge is 0.407 e. The van der Waals surface area contributed by atoms with Gasteiger partial charge in [-0.1, -0.05) is 120 Å². The second-order valence-electron chi connectivity index (χ2n) is 18.8. The van der Waals surface area contributed by atoms with E-state index >= 15 is 0 Å². The largest absolute Gasteiger partial charge is 0.449 e. The molecule has 4 bridgehead atoms. The van der Waals surface area contributed by atoms with Gasteiger partial charge in [-0.25, -0.2) is 4.79 Å². The third-order valence-corrected chi connectivity index (χ3v) is 15.4. The van der Waals surface area contributed by atoms with Crippen molar-refractivity contribution < 1.29 is 28.6 Å². The van der Waals surface area contributed by atoms with Crippen molar-refractivity contribution >= 4 is 18.0 Å². The molecule has 0 radical (unpaired) electrons. The maximum atomic E-state index is 13.7. The highest BCUT2D eigenvalue weighted by atomic mass is 16.6. The number of esters is 2. The molecule has 4 aromatic rings. The molecule has 7 nitrogen and oxygen atoms in total. The Morgan fingerprint density at radius 3 is 1.78 bits per heavy atom. The molecule has 0 saturated heterocycles. The Labute approximate surface area is 349 Å². The molecular weight excluding hydrogens is 735 g/mol. The van der Waals surface area contributed by atoms with Crippen molar-refractivity contribution in [1.82, 2.24) is 5.32 Å². The first kappa shape index (κ1) is 39.5. The van der Waals surface area contributed by atoms with Gasteiger partial charge < -0.3 is 19.5 Å². The van der Waals surface area contributed by atoms with E-state index < -0.39 is 11.9 Å². The number of rotatable bonds is 8. The summed E-state index contributed by atoms with van der Waals surface area (Å²) in [7, 11) is 0. The first-order chi connectivity index (χ1) is 28.6. The fourth-order valence-electron chi connectivity index (χ4n) is 12.0. The molecule has 0 heterocycles. The predicted octanol–water partition coefficient (Wildman–Crippen LogP) is 11.3. The topological polar surface area (TPSA) is 90.9 Å². The van der Waals surface area contributed by atoms with Crippen LogP contribution >= 0.6 is 0 Å². The Morgan fingerprint density at radius 1 is 0.644 bits per heavy atom. The Morgan fingerprint density at radius 2 is 1.17 bits per heavy atom. The molecule has 0 aromatic heterocycles. The standard InChI is InChI=1S/C52H59NO6/c1-33-34-14-6-4-12-26-51(33,2)45-30-38(22-20-35(45)28-34)58-47(54)24-25-48(55)59-39-23-21-36-29-37-15-7-5-13-27-52(3,46(36)31-39)49(37)53-50(56)57-32-44-42-18-10-8-16-40(42)41-17-9-11-19-43(41)44/h8-11,16-23,30-31,33-34,37,44,49H,4-7,12-15,24-29,32H2,1-3H3,(H,53,56)/t33-,34-,37-,49-,51-,52+/m0/s1. The van der Waals surface area contributed by atoms with Crippen molar-refractivity contribution in [3.05, 3.63) is 118 Å². The van der Waals surface area contributed by atoms with Gasteiger partial charge in [-0.15, -0.1) is 0 Å². The predicted molar refractivity (Wildman–Crippen MR) is 230 cm³/mol. The quantitative estimate of drug-likeness (QED) is 0.141. The molecule has 6 atom stereocenters. The van der Waals surface area contributed by atoms with Crippen molar-refractivity contribution in [1.29, 1.82) is 0 Å². The van der Waals surface area contributed by atoms with Crippen LogP contribution in [0.1, 0.15) is 137 Å². The Hall–Kier alpha value is -4.91. The third kappa shape index (κ3) is 7.59. The zero-order valence-electron chi connectivity index (χ0n) is 35.0. The number of ether oxygens (including phenoxy) is 3. The van der Waals surface area contributed by atoms with E-state index in [1.54, 1.807) is 0 Å². The number of carbonyl (C=O) groups is 3. The van der Waals surface area contributed by atoms with Gasteiger partial charge in [0, 0.05) is 17.4 Å². The summed E-state index contributed by atoms with van der Waals surface area (Å²) in [6.45, 7) is 7.32. The average molecular weight is 794 g/mol. The zero-order valence-corrected chi connectivity index (χ0v) is 35.0.